The zero-order valence-corrected chi connectivity index (χ0v) is 12.2. The van der Waals surface area contributed by atoms with E-state index in [9.17, 15) is 0 Å². The Morgan fingerprint density at radius 3 is 2.90 bits per heavy atom. The molecule has 0 atom stereocenters. The average molecular weight is 305 g/mol. The molecule has 0 unspecified atom stereocenters. The van der Waals surface area contributed by atoms with Gasteiger partial charge in [-0.25, -0.2) is 10.2 Å². The van der Waals surface area contributed by atoms with E-state index in [1.54, 1.807) is 11.3 Å². The largest absolute Gasteiger partial charge is 0.236 e. The molecule has 0 fully saturated rings. The highest BCUT2D eigenvalue weighted by Crippen LogP contribution is 2.33. The van der Waals surface area contributed by atoms with E-state index in [0.717, 1.165) is 37.7 Å². The monoisotopic (exact) mass is 305 g/mol. The minimum Gasteiger partial charge on any atom is -0.236 e. The van der Waals surface area contributed by atoms with Crippen molar-refractivity contribution in [1.29, 1.82) is 0 Å². The third-order valence-electron chi connectivity index (χ3n) is 2.79. The van der Waals surface area contributed by atoms with Gasteiger partial charge in [0.1, 0.15) is 5.01 Å². The molecule has 1 N–H and O–H groups in total. The van der Waals surface area contributed by atoms with Crippen LogP contribution in [-0.2, 0) is 9.37 Å². The van der Waals surface area contributed by atoms with Crippen molar-refractivity contribution in [3.05, 3.63) is 48.0 Å². The maximum Gasteiger partial charge on any atom is 0.124 e. The fourth-order valence-corrected chi connectivity index (χ4v) is 3.39. The highest BCUT2D eigenvalue weighted by molar-refractivity contribution is 7.94. The third kappa shape index (κ3) is 2.84. The number of hydrogen-bond donors (Lipinski definition) is 1. The highest BCUT2D eigenvalue weighted by Gasteiger charge is 2.07. The van der Waals surface area contributed by atoms with Crippen LogP contribution in [-0.4, -0.2) is 10.2 Å². The van der Waals surface area contributed by atoms with Crippen molar-refractivity contribution in [2.45, 2.75) is 11.8 Å². The molecule has 0 saturated heterocycles. The molecule has 0 saturated carbocycles. The van der Waals surface area contributed by atoms with E-state index in [-0.39, 0.29) is 0 Å². The fraction of sp³-hybridized carbons (Fsp3) is 0.0714. The summed E-state index contributed by atoms with van der Waals surface area (Å²) in [5.74, 6) is 0. The molecule has 0 radical (unpaired) electrons. The van der Waals surface area contributed by atoms with Crippen LogP contribution < -0.4 is 0 Å². The van der Waals surface area contributed by atoms with Gasteiger partial charge in [0.25, 0.3) is 0 Å². The van der Waals surface area contributed by atoms with Crippen molar-refractivity contribution < 1.29 is 14.6 Å². The lowest BCUT2D eigenvalue weighted by molar-refractivity contribution is -0.432. The number of rotatable bonds is 4. The number of thiazole rings is 1. The molecular weight excluding hydrogens is 294 g/mol. The molecule has 20 heavy (non-hydrogen) atoms. The molecule has 0 spiro atoms. The zero-order valence-electron chi connectivity index (χ0n) is 10.6. The first-order chi connectivity index (χ1) is 9.76. The van der Waals surface area contributed by atoms with E-state index in [0.29, 0.717) is 0 Å². The fourth-order valence-electron chi connectivity index (χ4n) is 1.91. The summed E-state index contributed by atoms with van der Waals surface area (Å²) in [6.07, 6.45) is 0. The van der Waals surface area contributed by atoms with Crippen LogP contribution in [0.1, 0.15) is 5.56 Å². The summed E-state index contributed by atoms with van der Waals surface area (Å²) in [4.78, 5) is 5.47. The molecule has 0 aliphatic carbocycles. The van der Waals surface area contributed by atoms with Crippen LogP contribution in [0.5, 0.6) is 0 Å². The van der Waals surface area contributed by atoms with Gasteiger partial charge in [-0.1, -0.05) is 28.8 Å². The molecule has 0 aliphatic rings. The Morgan fingerprint density at radius 1 is 1.20 bits per heavy atom. The van der Waals surface area contributed by atoms with Gasteiger partial charge in [-0.3, -0.25) is 0 Å². The van der Waals surface area contributed by atoms with Crippen molar-refractivity contribution in [1.82, 2.24) is 4.98 Å². The third-order valence-corrected chi connectivity index (χ3v) is 4.43. The Bertz CT molecular complexity index is 742. The second-order valence-electron chi connectivity index (χ2n) is 4.24. The molecule has 1 heterocycles. The molecular formula is C14H11NO3S2. The first kappa shape index (κ1) is 13.5. The van der Waals surface area contributed by atoms with E-state index in [2.05, 4.69) is 39.5 Å². The van der Waals surface area contributed by atoms with Crippen molar-refractivity contribution in [3.8, 4) is 10.6 Å². The maximum atomic E-state index is 8.17. The van der Waals surface area contributed by atoms with Crippen LogP contribution in [0.2, 0.25) is 0 Å². The topological polar surface area (TPSA) is 51.6 Å². The highest BCUT2D eigenvalue weighted by atomic mass is 32.2. The van der Waals surface area contributed by atoms with Crippen LogP contribution in [0.3, 0.4) is 0 Å². The number of aromatic nitrogens is 1. The van der Waals surface area contributed by atoms with Crippen LogP contribution in [0, 0.1) is 6.92 Å². The lowest BCUT2D eigenvalue weighted by Gasteiger charge is -1.96. The summed E-state index contributed by atoms with van der Waals surface area (Å²) in [6.45, 7) is 2.07. The van der Waals surface area contributed by atoms with Gasteiger partial charge in [0.2, 0.25) is 0 Å². The molecule has 4 nitrogen and oxygen atoms in total. The normalized spacial score (nSPS) is 11.1. The standard InChI is InChI=1S/C14H11NO3S2/c1-9-3-2-4-10(7-9)14-15-12-6-5-11(20-18-17-16)8-13(12)19-14/h2-8,16H,1H3. The van der Waals surface area contributed by atoms with Gasteiger partial charge < -0.3 is 0 Å². The second-order valence-corrected chi connectivity index (χ2v) is 6.05. The van der Waals surface area contributed by atoms with Crippen LogP contribution in [0.4, 0.5) is 0 Å². The smallest absolute Gasteiger partial charge is 0.124 e. The maximum absolute atomic E-state index is 8.17. The van der Waals surface area contributed by atoms with Crippen molar-refractivity contribution in [3.63, 3.8) is 0 Å². The molecule has 3 aromatic rings. The SMILES string of the molecule is Cc1cccc(-c2nc3ccc(SOOO)cc3s2)c1. The quantitative estimate of drug-likeness (QED) is 0.430. The minimum absolute atomic E-state index is 0.839. The lowest BCUT2D eigenvalue weighted by atomic mass is 10.1. The number of aryl methyl sites for hydroxylation is 1. The van der Waals surface area contributed by atoms with Crippen LogP contribution in [0.15, 0.2) is 47.4 Å². The number of fused-ring (bicyclic) bond motifs is 1. The Morgan fingerprint density at radius 2 is 2.10 bits per heavy atom. The Balaban J connectivity index is 1.98. The van der Waals surface area contributed by atoms with Gasteiger partial charge in [0, 0.05) is 10.5 Å². The van der Waals surface area contributed by atoms with E-state index in [4.69, 9.17) is 5.26 Å². The first-order valence-corrected chi connectivity index (χ1v) is 7.44. The molecule has 6 heteroatoms. The number of hydrogen-bond acceptors (Lipinski definition) is 6. The summed E-state index contributed by atoms with van der Waals surface area (Å²) >= 11 is 2.57. The summed E-state index contributed by atoms with van der Waals surface area (Å²) in [7, 11) is 0. The summed E-state index contributed by atoms with van der Waals surface area (Å²) in [5, 5.41) is 12.8. The van der Waals surface area contributed by atoms with Gasteiger partial charge in [0.15, 0.2) is 0 Å². The van der Waals surface area contributed by atoms with E-state index < -0.39 is 0 Å². The summed E-state index contributed by atoms with van der Waals surface area (Å²) in [6, 6.07) is 14.0. The van der Waals surface area contributed by atoms with E-state index in [1.807, 2.05) is 24.3 Å². The Kier molecular flexibility index (Phi) is 4.00. The van der Waals surface area contributed by atoms with Crippen molar-refractivity contribution in [2.24, 2.45) is 0 Å². The number of nitrogens with zero attached hydrogens (tertiary/aromatic N) is 1. The summed E-state index contributed by atoms with van der Waals surface area (Å²) in [5.41, 5.74) is 3.28. The molecule has 3 rings (SSSR count). The predicted molar refractivity (Wildman–Crippen MR) is 80.4 cm³/mol. The molecule has 1 aromatic heterocycles. The molecule has 0 aliphatic heterocycles. The van der Waals surface area contributed by atoms with Gasteiger partial charge in [-0.05, 0) is 31.2 Å². The van der Waals surface area contributed by atoms with E-state index >= 15 is 0 Å². The average Bonchev–Trinajstić information content (AvgIpc) is 2.88. The van der Waals surface area contributed by atoms with Crippen molar-refractivity contribution in [2.75, 3.05) is 0 Å². The molecule has 0 bridgehead atoms. The summed E-state index contributed by atoms with van der Waals surface area (Å²) < 4.78 is 5.50. The van der Waals surface area contributed by atoms with E-state index in [1.165, 1.54) is 5.56 Å². The predicted octanol–water partition coefficient (Wildman–Crippen LogP) is 4.70. The van der Waals surface area contributed by atoms with Gasteiger partial charge >= 0.3 is 0 Å². The second kappa shape index (κ2) is 5.90. The van der Waals surface area contributed by atoms with Gasteiger partial charge in [0.05, 0.1) is 22.3 Å². The molecule has 0 amide bonds. The van der Waals surface area contributed by atoms with Gasteiger partial charge in [-0.2, -0.15) is 0 Å². The lowest BCUT2D eigenvalue weighted by Crippen LogP contribution is -1.78. The van der Waals surface area contributed by atoms with Gasteiger partial charge in [-0.15, -0.1) is 15.7 Å². The van der Waals surface area contributed by atoms with Crippen LogP contribution in [0.25, 0.3) is 20.8 Å². The molecule has 102 valence electrons. The Hall–Kier alpha value is -1.44. The minimum atomic E-state index is 0.839. The number of benzene rings is 2. The van der Waals surface area contributed by atoms with Crippen molar-refractivity contribution >= 4 is 33.6 Å². The Labute approximate surface area is 124 Å². The first-order valence-electron chi connectivity index (χ1n) is 5.88. The van der Waals surface area contributed by atoms with Crippen LogP contribution >= 0.6 is 23.4 Å². The molecule has 2 aromatic carbocycles. The zero-order chi connectivity index (χ0) is 13.9.